The quantitative estimate of drug-likeness (QED) is 0.219. The minimum atomic E-state index is 0.254. The van der Waals surface area contributed by atoms with E-state index < -0.39 is 0 Å². The van der Waals surface area contributed by atoms with Gasteiger partial charge in [0.1, 0.15) is 11.5 Å². The standard InChI is InChI=1S/C31H46O2/c1-8-9-13-23(2)14-10-15-24(3)16-11-17-25(4)18-12-19-26(5)20-21-29-22-30(32)27(6)28(7)31(29)33/h8,14,16,18,20,22,32-33H,1,9-13,15,17,19,21H2,2-7H3/b23-14+,24-16-,25-18+,26-20+. The number of hydrogen-bond donors (Lipinski definition) is 2. The lowest BCUT2D eigenvalue weighted by atomic mass is 9.99. The maximum atomic E-state index is 10.3. The molecular formula is C31H46O2. The predicted octanol–water partition coefficient (Wildman–Crippen LogP) is 9.35. The van der Waals surface area contributed by atoms with Crippen LogP contribution in [0.15, 0.2) is 65.3 Å². The van der Waals surface area contributed by atoms with Crippen molar-refractivity contribution in [2.75, 3.05) is 0 Å². The maximum absolute atomic E-state index is 10.3. The van der Waals surface area contributed by atoms with Crippen molar-refractivity contribution in [2.45, 2.75) is 99.3 Å². The Morgan fingerprint density at radius 1 is 0.697 bits per heavy atom. The van der Waals surface area contributed by atoms with Gasteiger partial charge < -0.3 is 10.2 Å². The van der Waals surface area contributed by atoms with Crippen LogP contribution in [0.1, 0.15) is 95.8 Å². The van der Waals surface area contributed by atoms with E-state index in [4.69, 9.17) is 0 Å². The highest BCUT2D eigenvalue weighted by molar-refractivity contribution is 5.51. The first-order valence-electron chi connectivity index (χ1n) is 12.4. The van der Waals surface area contributed by atoms with E-state index in [1.165, 1.54) is 22.3 Å². The van der Waals surface area contributed by atoms with Crippen LogP contribution in [0, 0.1) is 13.8 Å². The SMILES string of the molecule is C=CCC/C(C)=C/CC/C(C)=C\CC/C(C)=C/CC/C(C)=C/Cc1cc(O)c(C)c(C)c1O. The van der Waals surface area contributed by atoms with E-state index in [9.17, 15) is 10.2 Å². The number of allylic oxidation sites excluding steroid dienone is 9. The van der Waals surface area contributed by atoms with Gasteiger partial charge in [-0.25, -0.2) is 0 Å². The van der Waals surface area contributed by atoms with E-state index in [0.717, 1.165) is 68.1 Å². The normalized spacial score (nSPS) is 13.5. The van der Waals surface area contributed by atoms with Crippen LogP contribution in [0.4, 0.5) is 0 Å². The van der Waals surface area contributed by atoms with E-state index in [2.05, 4.69) is 58.6 Å². The molecule has 0 aromatic heterocycles. The molecule has 0 unspecified atom stereocenters. The van der Waals surface area contributed by atoms with Gasteiger partial charge in [-0.05, 0) is 117 Å². The summed E-state index contributed by atoms with van der Waals surface area (Å²) >= 11 is 0. The zero-order valence-electron chi connectivity index (χ0n) is 21.9. The molecular weight excluding hydrogens is 404 g/mol. The van der Waals surface area contributed by atoms with Gasteiger partial charge in [0.05, 0.1) is 0 Å². The molecule has 0 heterocycles. The second-order valence-electron chi connectivity index (χ2n) is 9.50. The van der Waals surface area contributed by atoms with Crippen molar-refractivity contribution in [1.82, 2.24) is 0 Å². The molecule has 0 aliphatic rings. The van der Waals surface area contributed by atoms with Crippen LogP contribution in [-0.4, -0.2) is 10.2 Å². The summed E-state index contributed by atoms with van der Waals surface area (Å²) in [7, 11) is 0. The number of rotatable bonds is 14. The van der Waals surface area contributed by atoms with Gasteiger partial charge in [0.15, 0.2) is 0 Å². The molecule has 0 bridgehead atoms. The third-order valence-corrected chi connectivity index (χ3v) is 6.42. The molecule has 0 atom stereocenters. The summed E-state index contributed by atoms with van der Waals surface area (Å²) in [6.07, 6.45) is 20.6. The van der Waals surface area contributed by atoms with Crippen LogP contribution >= 0.6 is 0 Å². The Morgan fingerprint density at radius 2 is 1.12 bits per heavy atom. The lowest BCUT2D eigenvalue weighted by molar-refractivity contribution is 0.448. The van der Waals surface area contributed by atoms with Crippen molar-refractivity contribution >= 4 is 0 Å². The molecule has 33 heavy (non-hydrogen) atoms. The number of phenols is 2. The zero-order chi connectivity index (χ0) is 24.8. The minimum Gasteiger partial charge on any atom is -0.508 e. The molecule has 0 spiro atoms. The Bertz CT molecular complexity index is 894. The fourth-order valence-corrected chi connectivity index (χ4v) is 3.77. The topological polar surface area (TPSA) is 40.5 Å². The lowest BCUT2D eigenvalue weighted by Gasteiger charge is -2.10. The fourth-order valence-electron chi connectivity index (χ4n) is 3.77. The Morgan fingerprint density at radius 3 is 1.58 bits per heavy atom. The molecule has 0 fully saturated rings. The molecule has 0 aliphatic carbocycles. The molecule has 0 radical (unpaired) electrons. The third-order valence-electron chi connectivity index (χ3n) is 6.42. The van der Waals surface area contributed by atoms with E-state index in [1.807, 2.05) is 19.9 Å². The second-order valence-corrected chi connectivity index (χ2v) is 9.50. The number of phenolic OH excluding ortho intramolecular Hbond substituents is 2. The first-order valence-corrected chi connectivity index (χ1v) is 12.4. The van der Waals surface area contributed by atoms with Crippen LogP contribution in [-0.2, 0) is 6.42 Å². The Kier molecular flexibility index (Phi) is 13.3. The minimum absolute atomic E-state index is 0.254. The van der Waals surface area contributed by atoms with E-state index in [-0.39, 0.29) is 5.75 Å². The third kappa shape index (κ3) is 11.3. The Labute approximate surface area is 203 Å². The molecule has 0 aliphatic heterocycles. The van der Waals surface area contributed by atoms with Gasteiger partial charge in [0, 0.05) is 5.56 Å². The highest BCUT2D eigenvalue weighted by Gasteiger charge is 2.10. The molecule has 0 saturated heterocycles. The summed E-state index contributed by atoms with van der Waals surface area (Å²) < 4.78 is 0. The first kappa shape index (κ1) is 28.6. The molecule has 0 amide bonds. The predicted molar refractivity (Wildman–Crippen MR) is 145 cm³/mol. The van der Waals surface area contributed by atoms with Gasteiger partial charge in [0.25, 0.3) is 0 Å². The van der Waals surface area contributed by atoms with Gasteiger partial charge in [0.2, 0.25) is 0 Å². The number of hydrogen-bond acceptors (Lipinski definition) is 2. The van der Waals surface area contributed by atoms with Crippen molar-refractivity contribution in [3.63, 3.8) is 0 Å². The van der Waals surface area contributed by atoms with Gasteiger partial charge in [-0.3, -0.25) is 0 Å². The molecule has 2 heteroatoms. The van der Waals surface area contributed by atoms with Gasteiger partial charge >= 0.3 is 0 Å². The van der Waals surface area contributed by atoms with Gasteiger partial charge in [-0.15, -0.1) is 6.58 Å². The smallest absolute Gasteiger partial charge is 0.122 e. The molecule has 1 aromatic rings. The Balaban J connectivity index is 2.40. The first-order chi connectivity index (χ1) is 15.6. The van der Waals surface area contributed by atoms with Crippen molar-refractivity contribution in [3.8, 4) is 11.5 Å². The van der Waals surface area contributed by atoms with Crippen molar-refractivity contribution in [1.29, 1.82) is 0 Å². The molecule has 2 nitrogen and oxygen atoms in total. The summed E-state index contributed by atoms with van der Waals surface area (Å²) in [5.41, 5.74) is 7.99. The van der Waals surface area contributed by atoms with Crippen LogP contribution < -0.4 is 0 Å². The molecule has 1 rings (SSSR count). The average Bonchev–Trinajstić information content (AvgIpc) is 2.77. The van der Waals surface area contributed by atoms with Crippen LogP contribution in [0.2, 0.25) is 0 Å². The van der Waals surface area contributed by atoms with Crippen LogP contribution in [0.3, 0.4) is 0 Å². The van der Waals surface area contributed by atoms with Crippen molar-refractivity contribution in [2.24, 2.45) is 0 Å². The maximum Gasteiger partial charge on any atom is 0.122 e. The van der Waals surface area contributed by atoms with Crippen molar-refractivity contribution in [3.05, 3.63) is 82.0 Å². The molecule has 1 aromatic carbocycles. The van der Waals surface area contributed by atoms with Crippen LogP contribution in [0.5, 0.6) is 11.5 Å². The van der Waals surface area contributed by atoms with E-state index in [0.29, 0.717) is 12.2 Å². The number of benzene rings is 1. The van der Waals surface area contributed by atoms with Gasteiger partial charge in [-0.2, -0.15) is 0 Å². The summed E-state index contributed by atoms with van der Waals surface area (Å²) in [4.78, 5) is 0. The Hall–Kier alpha value is -2.48. The highest BCUT2D eigenvalue weighted by atomic mass is 16.3. The largest absolute Gasteiger partial charge is 0.508 e. The summed E-state index contributed by atoms with van der Waals surface area (Å²) in [5, 5.41) is 20.4. The van der Waals surface area contributed by atoms with Crippen LogP contribution in [0.25, 0.3) is 0 Å². The fraction of sp³-hybridized carbons (Fsp3) is 0.484. The summed E-state index contributed by atoms with van der Waals surface area (Å²) in [6, 6.07) is 1.68. The zero-order valence-corrected chi connectivity index (χ0v) is 21.9. The molecule has 0 saturated carbocycles. The number of aromatic hydroxyl groups is 2. The summed E-state index contributed by atoms with van der Waals surface area (Å²) in [6.45, 7) is 16.3. The second kappa shape index (κ2) is 15.4. The lowest BCUT2D eigenvalue weighted by Crippen LogP contribution is -1.91. The van der Waals surface area contributed by atoms with E-state index in [1.54, 1.807) is 6.07 Å². The van der Waals surface area contributed by atoms with E-state index >= 15 is 0 Å². The average molecular weight is 451 g/mol. The molecule has 2 N–H and O–H groups in total. The highest BCUT2D eigenvalue weighted by Crippen LogP contribution is 2.32. The monoisotopic (exact) mass is 450 g/mol. The van der Waals surface area contributed by atoms with Gasteiger partial charge in [-0.1, -0.05) is 52.7 Å². The van der Waals surface area contributed by atoms with Crippen molar-refractivity contribution < 1.29 is 10.2 Å². The summed E-state index contributed by atoms with van der Waals surface area (Å²) in [5.74, 6) is 0.552. The molecule has 182 valence electrons.